The maximum atomic E-state index is 13.0. The number of fused-ring (bicyclic) bond motifs is 1. The average molecular weight is 510 g/mol. The summed E-state index contributed by atoms with van der Waals surface area (Å²) in [5, 5.41) is 7.65. The van der Waals surface area contributed by atoms with Crippen molar-refractivity contribution in [2.24, 2.45) is 0 Å². The predicted octanol–water partition coefficient (Wildman–Crippen LogP) is 6.42. The van der Waals surface area contributed by atoms with Crippen LogP contribution in [0.2, 0.25) is 10.0 Å². The third-order valence-corrected chi connectivity index (χ3v) is 7.45. The molecule has 0 radical (unpaired) electrons. The van der Waals surface area contributed by atoms with Crippen molar-refractivity contribution in [3.8, 4) is 0 Å². The number of carbonyl (C=O) groups excluding carboxylic acids is 2. The summed E-state index contributed by atoms with van der Waals surface area (Å²) in [6.45, 7) is 2.66. The molecule has 1 aliphatic rings. The Hall–Kier alpha value is -3.06. The van der Waals surface area contributed by atoms with Gasteiger partial charge in [0, 0.05) is 47.8 Å². The maximum Gasteiger partial charge on any atom is 0.264 e. The van der Waals surface area contributed by atoms with Crippen molar-refractivity contribution in [2.45, 2.75) is 0 Å². The number of hydrogen-bond acceptors (Lipinski definition) is 4. The van der Waals surface area contributed by atoms with Crippen molar-refractivity contribution in [3.05, 3.63) is 92.6 Å². The largest absolute Gasteiger partial charge is 0.367 e. The van der Waals surface area contributed by atoms with Crippen LogP contribution >= 0.6 is 34.5 Å². The van der Waals surface area contributed by atoms with E-state index >= 15 is 0 Å². The summed E-state index contributed by atoms with van der Waals surface area (Å²) in [4.78, 5) is 30.4. The zero-order valence-corrected chi connectivity index (χ0v) is 20.5. The number of benzene rings is 3. The van der Waals surface area contributed by atoms with Crippen LogP contribution in [0.5, 0.6) is 0 Å². The van der Waals surface area contributed by atoms with Gasteiger partial charge in [0.2, 0.25) is 0 Å². The summed E-state index contributed by atoms with van der Waals surface area (Å²) in [5.74, 6) is -0.147. The van der Waals surface area contributed by atoms with E-state index in [9.17, 15) is 9.59 Å². The molecule has 0 atom stereocenters. The number of thiophene rings is 1. The molecule has 0 bridgehead atoms. The summed E-state index contributed by atoms with van der Waals surface area (Å²) >= 11 is 14.3. The summed E-state index contributed by atoms with van der Waals surface area (Å²) in [6.07, 6.45) is 0. The molecule has 172 valence electrons. The van der Waals surface area contributed by atoms with Gasteiger partial charge in [-0.2, -0.15) is 0 Å². The molecule has 5 rings (SSSR count). The molecular weight excluding hydrogens is 489 g/mol. The van der Waals surface area contributed by atoms with Gasteiger partial charge in [-0.1, -0.05) is 53.5 Å². The average Bonchev–Trinajstić information content (AvgIpc) is 3.39. The van der Waals surface area contributed by atoms with E-state index in [1.807, 2.05) is 64.9 Å². The lowest BCUT2D eigenvalue weighted by atomic mass is 10.0. The maximum absolute atomic E-state index is 13.0. The standard InChI is InChI=1S/C26H21Cl2N3O2S/c27-21-7-2-4-18-19(21)5-1-6-20(18)25(32)29-17-9-10-23(22(28)16-17)30-11-13-31(14-12-30)26(33)24-8-3-15-34-24/h1-10,15-16H,11-14H2,(H,29,32). The van der Waals surface area contributed by atoms with Crippen LogP contribution < -0.4 is 10.2 Å². The molecule has 1 saturated heterocycles. The lowest BCUT2D eigenvalue weighted by molar-refractivity contribution is 0.0751. The smallest absolute Gasteiger partial charge is 0.264 e. The van der Waals surface area contributed by atoms with Gasteiger partial charge in [0.1, 0.15) is 0 Å². The Labute approximate surface area is 211 Å². The van der Waals surface area contributed by atoms with Gasteiger partial charge in [0.05, 0.1) is 15.6 Å². The van der Waals surface area contributed by atoms with E-state index in [1.165, 1.54) is 11.3 Å². The first kappa shape index (κ1) is 22.7. The molecule has 1 fully saturated rings. The Balaban J connectivity index is 1.27. The molecule has 0 unspecified atom stereocenters. The predicted molar refractivity (Wildman–Crippen MR) is 141 cm³/mol. The highest BCUT2D eigenvalue weighted by Gasteiger charge is 2.24. The monoisotopic (exact) mass is 509 g/mol. The Morgan fingerprint density at radius 1 is 0.824 bits per heavy atom. The number of hydrogen-bond donors (Lipinski definition) is 1. The van der Waals surface area contributed by atoms with Crippen molar-refractivity contribution >= 4 is 68.5 Å². The van der Waals surface area contributed by atoms with Gasteiger partial charge in [-0.3, -0.25) is 9.59 Å². The molecule has 0 spiro atoms. The van der Waals surface area contributed by atoms with Gasteiger partial charge < -0.3 is 15.1 Å². The van der Waals surface area contributed by atoms with Gasteiger partial charge in [-0.25, -0.2) is 0 Å². The van der Waals surface area contributed by atoms with Crippen LogP contribution in [0.25, 0.3) is 10.8 Å². The van der Waals surface area contributed by atoms with E-state index < -0.39 is 0 Å². The molecule has 0 saturated carbocycles. The minimum atomic E-state index is -0.225. The fourth-order valence-electron chi connectivity index (χ4n) is 4.22. The van der Waals surface area contributed by atoms with Gasteiger partial charge >= 0.3 is 0 Å². The topological polar surface area (TPSA) is 52.7 Å². The van der Waals surface area contributed by atoms with Crippen LogP contribution in [-0.2, 0) is 0 Å². The molecule has 4 aromatic rings. The number of nitrogens with one attached hydrogen (secondary N) is 1. The third-order valence-electron chi connectivity index (χ3n) is 5.96. The van der Waals surface area contributed by atoms with Gasteiger partial charge in [0.15, 0.2) is 0 Å². The van der Waals surface area contributed by atoms with Gasteiger partial charge in [0.25, 0.3) is 11.8 Å². The first-order valence-electron chi connectivity index (χ1n) is 10.9. The van der Waals surface area contributed by atoms with Gasteiger partial charge in [-0.05, 0) is 47.2 Å². The Kier molecular flexibility index (Phi) is 6.46. The quantitative estimate of drug-likeness (QED) is 0.345. The van der Waals surface area contributed by atoms with E-state index in [0.29, 0.717) is 47.5 Å². The molecule has 2 amide bonds. The van der Waals surface area contributed by atoms with Crippen molar-refractivity contribution in [3.63, 3.8) is 0 Å². The fourth-order valence-corrected chi connectivity index (χ4v) is 5.44. The summed E-state index contributed by atoms with van der Waals surface area (Å²) in [7, 11) is 0. The zero-order valence-electron chi connectivity index (χ0n) is 18.1. The highest BCUT2D eigenvalue weighted by molar-refractivity contribution is 7.12. The number of nitrogens with zero attached hydrogens (tertiary/aromatic N) is 2. The molecule has 0 aliphatic carbocycles. The number of anilines is 2. The lowest BCUT2D eigenvalue weighted by Gasteiger charge is -2.36. The van der Waals surface area contributed by atoms with Crippen LogP contribution in [0.3, 0.4) is 0 Å². The minimum absolute atomic E-state index is 0.0773. The summed E-state index contributed by atoms with van der Waals surface area (Å²) < 4.78 is 0. The van der Waals surface area contributed by atoms with Crippen molar-refractivity contribution < 1.29 is 9.59 Å². The molecule has 8 heteroatoms. The van der Waals surface area contributed by atoms with Crippen molar-refractivity contribution in [2.75, 3.05) is 36.4 Å². The van der Waals surface area contributed by atoms with E-state index in [2.05, 4.69) is 10.2 Å². The van der Waals surface area contributed by atoms with Crippen LogP contribution in [-0.4, -0.2) is 42.9 Å². The third kappa shape index (κ3) is 4.49. The highest BCUT2D eigenvalue weighted by atomic mass is 35.5. The zero-order chi connectivity index (χ0) is 23.7. The molecule has 3 aromatic carbocycles. The molecule has 5 nitrogen and oxygen atoms in total. The first-order chi connectivity index (χ1) is 16.5. The molecule has 1 N–H and O–H groups in total. The summed E-state index contributed by atoms with van der Waals surface area (Å²) in [6, 6.07) is 20.3. The number of halogens is 2. The van der Waals surface area contributed by atoms with Gasteiger partial charge in [-0.15, -0.1) is 11.3 Å². The number of amides is 2. The molecule has 34 heavy (non-hydrogen) atoms. The van der Waals surface area contributed by atoms with E-state index in [0.717, 1.165) is 21.3 Å². The van der Waals surface area contributed by atoms with Crippen molar-refractivity contribution in [1.29, 1.82) is 0 Å². The van der Waals surface area contributed by atoms with E-state index in [4.69, 9.17) is 23.2 Å². The second-order valence-electron chi connectivity index (χ2n) is 8.02. The van der Waals surface area contributed by atoms with Crippen LogP contribution in [0.1, 0.15) is 20.0 Å². The molecular formula is C26H21Cl2N3O2S. The van der Waals surface area contributed by atoms with Crippen LogP contribution in [0.15, 0.2) is 72.1 Å². The molecule has 1 aliphatic heterocycles. The molecule has 1 aromatic heterocycles. The molecule has 2 heterocycles. The number of piperazine rings is 1. The normalized spacial score (nSPS) is 13.8. The van der Waals surface area contributed by atoms with E-state index in [1.54, 1.807) is 12.1 Å². The Morgan fingerprint density at radius 3 is 2.32 bits per heavy atom. The number of carbonyl (C=O) groups is 2. The lowest BCUT2D eigenvalue weighted by Crippen LogP contribution is -2.48. The van der Waals surface area contributed by atoms with Crippen molar-refractivity contribution in [1.82, 2.24) is 4.90 Å². The Morgan fingerprint density at radius 2 is 1.59 bits per heavy atom. The second-order valence-corrected chi connectivity index (χ2v) is 9.78. The Bertz CT molecular complexity index is 1370. The first-order valence-corrected chi connectivity index (χ1v) is 12.5. The SMILES string of the molecule is O=C(Nc1ccc(N2CCN(C(=O)c3cccs3)CC2)c(Cl)c1)c1cccc2c(Cl)cccc12. The summed E-state index contributed by atoms with van der Waals surface area (Å²) in [5.41, 5.74) is 2.05. The minimum Gasteiger partial charge on any atom is -0.367 e. The highest BCUT2D eigenvalue weighted by Crippen LogP contribution is 2.31. The number of rotatable bonds is 4. The van der Waals surface area contributed by atoms with E-state index in [-0.39, 0.29) is 11.8 Å². The fraction of sp³-hybridized carbons (Fsp3) is 0.154. The second kappa shape index (κ2) is 9.66. The van der Waals surface area contributed by atoms with Crippen LogP contribution in [0, 0.1) is 0 Å². The van der Waals surface area contributed by atoms with Crippen LogP contribution in [0.4, 0.5) is 11.4 Å².